The maximum Gasteiger partial charge on any atom is 0.363 e. The summed E-state index contributed by atoms with van der Waals surface area (Å²) in [5.74, 6) is 0.344. The molecule has 0 saturated heterocycles. The summed E-state index contributed by atoms with van der Waals surface area (Å²) in [5, 5.41) is 0.780. The van der Waals surface area contributed by atoms with Crippen molar-refractivity contribution in [2.75, 3.05) is 0 Å². The lowest BCUT2D eigenvalue weighted by molar-refractivity contribution is -0.129. The maximum atomic E-state index is 12.2. The molecule has 1 heterocycles. The number of hydrogen-bond donors (Lipinski definition) is 0. The van der Waals surface area contributed by atoms with Gasteiger partial charge in [0.15, 0.2) is 5.70 Å². The van der Waals surface area contributed by atoms with E-state index < -0.39 is 5.97 Å². The summed E-state index contributed by atoms with van der Waals surface area (Å²) in [7, 11) is 0. The molecule has 1 aliphatic rings. The van der Waals surface area contributed by atoms with Gasteiger partial charge < -0.3 is 9.47 Å². The molecule has 0 unspecified atom stereocenters. The van der Waals surface area contributed by atoms with Crippen molar-refractivity contribution in [2.45, 2.75) is 6.61 Å². The van der Waals surface area contributed by atoms with Crippen LogP contribution in [0.1, 0.15) is 16.7 Å². The number of cyclic esters (lactones) is 1. The molecule has 0 bridgehead atoms. The third-order valence-electron chi connectivity index (χ3n) is 4.27. The van der Waals surface area contributed by atoms with E-state index in [-0.39, 0.29) is 11.6 Å². The molecular formula is C23H14BrCl2NO3. The Morgan fingerprint density at radius 2 is 1.80 bits per heavy atom. The van der Waals surface area contributed by atoms with E-state index in [1.165, 1.54) is 0 Å². The normalized spacial score (nSPS) is 14.6. The SMILES string of the molecule is O=C1OC(c2ccc(Cl)c(Cl)c2)=N/C1=C\c1cccc(OCc2ccc(Br)cc2)c1. The molecule has 1 aliphatic heterocycles. The topological polar surface area (TPSA) is 47.9 Å². The van der Waals surface area contributed by atoms with Gasteiger partial charge in [0, 0.05) is 10.0 Å². The molecule has 0 amide bonds. The first-order valence-electron chi connectivity index (χ1n) is 8.93. The first-order chi connectivity index (χ1) is 14.5. The van der Waals surface area contributed by atoms with Gasteiger partial charge in [0.2, 0.25) is 5.90 Å². The van der Waals surface area contributed by atoms with E-state index in [1.807, 2.05) is 48.5 Å². The van der Waals surface area contributed by atoms with E-state index >= 15 is 0 Å². The standard InChI is InChI=1S/C23H14BrCl2NO3/c24-17-7-4-14(5-8-17)13-29-18-3-1-2-15(10-18)11-21-23(28)30-22(27-21)16-6-9-19(25)20(26)12-16/h1-12H,13H2/b21-11-. The van der Waals surface area contributed by atoms with Gasteiger partial charge in [-0.25, -0.2) is 9.79 Å². The minimum Gasteiger partial charge on any atom is -0.489 e. The molecule has 0 aromatic heterocycles. The Morgan fingerprint density at radius 3 is 2.57 bits per heavy atom. The summed E-state index contributed by atoms with van der Waals surface area (Å²) in [6.45, 7) is 0.439. The zero-order valence-electron chi connectivity index (χ0n) is 15.4. The molecule has 0 spiro atoms. The molecule has 3 aromatic carbocycles. The fourth-order valence-electron chi connectivity index (χ4n) is 2.76. The van der Waals surface area contributed by atoms with Crippen LogP contribution in [0.25, 0.3) is 6.08 Å². The third kappa shape index (κ3) is 4.93. The quantitative estimate of drug-likeness (QED) is 0.289. The van der Waals surface area contributed by atoms with Crippen LogP contribution in [0.3, 0.4) is 0 Å². The molecule has 0 fully saturated rings. The Hall–Kier alpha value is -2.60. The monoisotopic (exact) mass is 501 g/mol. The molecule has 7 heteroatoms. The van der Waals surface area contributed by atoms with Crippen molar-refractivity contribution < 1.29 is 14.3 Å². The van der Waals surface area contributed by atoms with Crippen molar-refractivity contribution in [3.05, 3.63) is 104 Å². The lowest BCUT2D eigenvalue weighted by Gasteiger charge is -2.07. The Bertz CT molecular complexity index is 1170. The number of halogens is 3. The second-order valence-corrected chi connectivity index (χ2v) is 8.18. The van der Waals surface area contributed by atoms with Crippen molar-refractivity contribution in [3.63, 3.8) is 0 Å². The summed E-state index contributed by atoms with van der Waals surface area (Å²) >= 11 is 15.4. The minimum absolute atomic E-state index is 0.187. The highest BCUT2D eigenvalue weighted by Gasteiger charge is 2.24. The van der Waals surface area contributed by atoms with Gasteiger partial charge in [0.25, 0.3) is 0 Å². The number of nitrogens with zero attached hydrogens (tertiary/aromatic N) is 1. The number of ether oxygens (including phenoxy) is 2. The number of rotatable bonds is 5. The van der Waals surface area contributed by atoms with Gasteiger partial charge in [-0.05, 0) is 59.7 Å². The molecular weight excluding hydrogens is 489 g/mol. The first-order valence-corrected chi connectivity index (χ1v) is 10.5. The van der Waals surface area contributed by atoms with Gasteiger partial charge in [-0.1, -0.05) is 63.4 Å². The Balaban J connectivity index is 1.51. The molecule has 150 valence electrons. The van der Waals surface area contributed by atoms with Crippen LogP contribution in [0.2, 0.25) is 10.0 Å². The molecule has 3 aromatic rings. The molecule has 30 heavy (non-hydrogen) atoms. The Kier molecular flexibility index (Phi) is 6.23. The molecule has 0 saturated carbocycles. The predicted molar refractivity (Wildman–Crippen MR) is 122 cm³/mol. The molecule has 4 nitrogen and oxygen atoms in total. The van der Waals surface area contributed by atoms with Crippen molar-refractivity contribution in [2.24, 2.45) is 4.99 Å². The average molecular weight is 503 g/mol. The van der Waals surface area contributed by atoms with E-state index in [9.17, 15) is 4.79 Å². The number of carbonyl (C=O) groups is 1. The van der Waals surface area contributed by atoms with E-state index in [0.717, 1.165) is 15.6 Å². The lowest BCUT2D eigenvalue weighted by atomic mass is 10.2. The number of hydrogen-bond acceptors (Lipinski definition) is 4. The number of aliphatic imine (C=N–C) groups is 1. The van der Waals surface area contributed by atoms with Crippen molar-refractivity contribution in [1.29, 1.82) is 0 Å². The second kappa shape index (κ2) is 9.04. The lowest BCUT2D eigenvalue weighted by Crippen LogP contribution is -2.05. The van der Waals surface area contributed by atoms with Crippen LogP contribution in [0.15, 0.2) is 81.9 Å². The first kappa shape index (κ1) is 20.7. The highest BCUT2D eigenvalue weighted by molar-refractivity contribution is 9.10. The van der Waals surface area contributed by atoms with E-state index in [0.29, 0.717) is 28.0 Å². The Morgan fingerprint density at radius 1 is 1.00 bits per heavy atom. The number of esters is 1. The third-order valence-corrected chi connectivity index (χ3v) is 5.53. The van der Waals surface area contributed by atoms with Crippen molar-refractivity contribution >= 4 is 57.1 Å². The van der Waals surface area contributed by atoms with Crippen LogP contribution in [-0.2, 0) is 16.1 Å². The summed E-state index contributed by atoms with van der Waals surface area (Å²) in [4.78, 5) is 16.5. The van der Waals surface area contributed by atoms with Crippen LogP contribution < -0.4 is 4.74 Å². The van der Waals surface area contributed by atoms with E-state index in [2.05, 4.69) is 20.9 Å². The van der Waals surface area contributed by atoms with Crippen LogP contribution in [0.4, 0.5) is 0 Å². The summed E-state index contributed by atoms with van der Waals surface area (Å²) in [5.41, 5.74) is 2.60. The van der Waals surface area contributed by atoms with Gasteiger partial charge in [-0.3, -0.25) is 0 Å². The largest absolute Gasteiger partial charge is 0.489 e. The van der Waals surface area contributed by atoms with Gasteiger partial charge >= 0.3 is 5.97 Å². The van der Waals surface area contributed by atoms with Crippen molar-refractivity contribution in [3.8, 4) is 5.75 Å². The van der Waals surface area contributed by atoms with Gasteiger partial charge in [0.1, 0.15) is 12.4 Å². The molecule has 0 aliphatic carbocycles. The van der Waals surface area contributed by atoms with Crippen LogP contribution >= 0.6 is 39.1 Å². The molecule has 0 atom stereocenters. The smallest absolute Gasteiger partial charge is 0.363 e. The van der Waals surface area contributed by atoms with Crippen molar-refractivity contribution in [1.82, 2.24) is 0 Å². The van der Waals surface area contributed by atoms with Crippen LogP contribution in [0, 0.1) is 0 Å². The fourth-order valence-corrected chi connectivity index (χ4v) is 3.32. The number of benzene rings is 3. The van der Waals surface area contributed by atoms with Crippen LogP contribution in [-0.4, -0.2) is 11.9 Å². The molecule has 0 radical (unpaired) electrons. The summed E-state index contributed by atoms with van der Waals surface area (Å²) in [6, 6.07) is 20.3. The fraction of sp³-hybridized carbons (Fsp3) is 0.0435. The molecule has 4 rings (SSSR count). The summed E-state index contributed by atoms with van der Waals surface area (Å²) < 4.78 is 12.2. The van der Waals surface area contributed by atoms with Crippen LogP contribution in [0.5, 0.6) is 5.75 Å². The van der Waals surface area contributed by atoms with Gasteiger partial charge in [-0.15, -0.1) is 0 Å². The highest BCUT2D eigenvalue weighted by atomic mass is 79.9. The predicted octanol–water partition coefficient (Wildman–Crippen LogP) is 6.68. The summed E-state index contributed by atoms with van der Waals surface area (Å²) in [6.07, 6.45) is 1.65. The van der Waals surface area contributed by atoms with E-state index in [1.54, 1.807) is 24.3 Å². The molecule has 0 N–H and O–H groups in total. The average Bonchev–Trinajstić information content (AvgIpc) is 3.10. The Labute approximate surface area is 191 Å². The van der Waals surface area contributed by atoms with E-state index in [4.69, 9.17) is 32.7 Å². The van der Waals surface area contributed by atoms with Gasteiger partial charge in [0.05, 0.1) is 10.0 Å². The maximum absolute atomic E-state index is 12.2. The minimum atomic E-state index is -0.530. The van der Waals surface area contributed by atoms with Gasteiger partial charge in [-0.2, -0.15) is 0 Å². The zero-order valence-corrected chi connectivity index (χ0v) is 18.5. The highest BCUT2D eigenvalue weighted by Crippen LogP contribution is 2.26. The number of carbonyl (C=O) groups excluding carboxylic acids is 1. The zero-order chi connectivity index (χ0) is 21.1. The second-order valence-electron chi connectivity index (χ2n) is 6.45.